The first-order valence-electron chi connectivity index (χ1n) is 14.7. The van der Waals surface area contributed by atoms with E-state index in [4.69, 9.17) is 14.7 Å². The molecule has 5 heterocycles. The zero-order valence-corrected chi connectivity index (χ0v) is 28.0. The highest BCUT2D eigenvalue weighted by Crippen LogP contribution is 2.43. The zero-order valence-electron chi connectivity index (χ0n) is 25.5. The summed E-state index contributed by atoms with van der Waals surface area (Å²) in [5, 5.41) is 8.02. The second-order valence-corrected chi connectivity index (χ2v) is 15.0. The summed E-state index contributed by atoms with van der Waals surface area (Å²) < 4.78 is 6.51. The first kappa shape index (κ1) is 29.9. The Balaban J connectivity index is 1.22. The molecule has 0 atom stereocenters. The molecule has 0 aliphatic carbocycles. The third-order valence-electron chi connectivity index (χ3n) is 8.82. The van der Waals surface area contributed by atoms with Crippen molar-refractivity contribution in [3.05, 3.63) is 46.8 Å². The number of aryl methyl sites for hydroxylation is 1. The molecule has 2 fully saturated rings. The fraction of sp³-hybridized carbons (Fsp3) is 0.452. The highest BCUT2D eigenvalue weighted by molar-refractivity contribution is 9.10. The van der Waals surface area contributed by atoms with Crippen molar-refractivity contribution in [3.8, 4) is 5.88 Å². The van der Waals surface area contributed by atoms with Gasteiger partial charge in [-0.2, -0.15) is 9.97 Å². The van der Waals surface area contributed by atoms with E-state index < -0.39 is 7.92 Å². The van der Waals surface area contributed by atoms with Crippen LogP contribution in [0.2, 0.25) is 0 Å². The summed E-state index contributed by atoms with van der Waals surface area (Å²) in [6.07, 6.45) is 10.2. The minimum absolute atomic E-state index is 0.442. The van der Waals surface area contributed by atoms with Crippen molar-refractivity contribution in [2.24, 2.45) is 5.41 Å². The monoisotopic (exact) mass is 663 g/mol. The smallest absolute Gasteiger partial charge is 0.239 e. The number of methoxy groups -OCH3 is 1. The number of halogens is 1. The Morgan fingerprint density at radius 2 is 1.65 bits per heavy atom. The number of nitrogens with one attached hydrogen (secondary N) is 2. The first-order chi connectivity index (χ1) is 20.7. The molecule has 10 nitrogen and oxygen atoms in total. The topological polar surface area (TPSA) is 104 Å². The maximum atomic E-state index is 5.76. The van der Waals surface area contributed by atoms with Gasteiger partial charge < -0.3 is 25.2 Å². The molecule has 0 unspecified atom stereocenters. The second-order valence-electron chi connectivity index (χ2n) is 11.9. The highest BCUT2D eigenvalue weighted by Gasteiger charge is 2.37. The number of anilines is 5. The Hall–Kier alpha value is -3.14. The van der Waals surface area contributed by atoms with Gasteiger partial charge in [-0.15, -0.1) is 0 Å². The third kappa shape index (κ3) is 6.26. The predicted molar refractivity (Wildman–Crippen MR) is 180 cm³/mol. The highest BCUT2D eigenvalue weighted by atomic mass is 79.9. The lowest BCUT2D eigenvalue weighted by Crippen LogP contribution is -2.46. The van der Waals surface area contributed by atoms with E-state index in [1.165, 1.54) is 38.8 Å². The van der Waals surface area contributed by atoms with Gasteiger partial charge in [-0.3, -0.25) is 9.97 Å². The molecule has 6 rings (SSSR count). The molecule has 0 bridgehead atoms. The largest absolute Gasteiger partial charge is 0.479 e. The van der Waals surface area contributed by atoms with Crippen molar-refractivity contribution < 1.29 is 4.74 Å². The molecule has 2 aliphatic heterocycles. The number of hydrogen-bond donors (Lipinski definition) is 2. The Morgan fingerprint density at radius 3 is 2.37 bits per heavy atom. The van der Waals surface area contributed by atoms with Crippen LogP contribution < -0.4 is 25.6 Å². The van der Waals surface area contributed by atoms with Crippen LogP contribution in [0.25, 0.3) is 11.0 Å². The van der Waals surface area contributed by atoms with Gasteiger partial charge in [-0.05, 0) is 111 Å². The first-order valence-corrected chi connectivity index (χ1v) is 17.7. The van der Waals surface area contributed by atoms with Crippen LogP contribution in [0, 0.1) is 12.3 Å². The molecule has 4 aromatic rings. The lowest BCUT2D eigenvalue weighted by Gasteiger charge is -2.46. The Kier molecular flexibility index (Phi) is 8.67. The molecular formula is C31H39BrN9OP. The molecule has 2 saturated heterocycles. The molecular weight excluding hydrogens is 625 g/mol. The fourth-order valence-corrected chi connectivity index (χ4v) is 7.78. The summed E-state index contributed by atoms with van der Waals surface area (Å²) in [5.41, 5.74) is 5.07. The minimum atomic E-state index is -0.466. The zero-order chi connectivity index (χ0) is 30.1. The molecule has 0 saturated carbocycles. The normalized spacial score (nSPS) is 17.0. The van der Waals surface area contributed by atoms with Gasteiger partial charge in [0.25, 0.3) is 0 Å². The van der Waals surface area contributed by atoms with Gasteiger partial charge in [0, 0.05) is 42.7 Å². The Labute approximate surface area is 263 Å². The molecule has 1 spiro atoms. The van der Waals surface area contributed by atoms with Crippen LogP contribution in [0.1, 0.15) is 31.2 Å². The van der Waals surface area contributed by atoms with E-state index in [1.54, 1.807) is 25.7 Å². The summed E-state index contributed by atoms with van der Waals surface area (Å²) in [7, 11) is 3.42. The van der Waals surface area contributed by atoms with Crippen molar-refractivity contribution in [1.82, 2.24) is 29.8 Å². The number of fused-ring (bicyclic) bond motifs is 1. The van der Waals surface area contributed by atoms with Crippen LogP contribution in [0.3, 0.4) is 0 Å². The molecule has 3 aromatic heterocycles. The van der Waals surface area contributed by atoms with E-state index in [0.29, 0.717) is 23.1 Å². The number of ether oxygens (including phenoxy) is 1. The molecule has 0 radical (unpaired) electrons. The van der Waals surface area contributed by atoms with Crippen LogP contribution in [0.4, 0.5) is 29.0 Å². The van der Waals surface area contributed by atoms with Crippen molar-refractivity contribution in [3.63, 3.8) is 0 Å². The number of hydrogen-bond acceptors (Lipinski definition) is 10. The Morgan fingerprint density at radius 1 is 0.930 bits per heavy atom. The van der Waals surface area contributed by atoms with Gasteiger partial charge in [0.1, 0.15) is 17.3 Å². The fourth-order valence-electron chi connectivity index (χ4n) is 6.28. The maximum absolute atomic E-state index is 5.76. The molecule has 226 valence electrons. The molecule has 1 aromatic carbocycles. The van der Waals surface area contributed by atoms with Gasteiger partial charge >= 0.3 is 0 Å². The quantitative estimate of drug-likeness (QED) is 0.227. The predicted octanol–water partition coefficient (Wildman–Crippen LogP) is 6.06. The van der Waals surface area contributed by atoms with Crippen LogP contribution >= 0.6 is 23.9 Å². The van der Waals surface area contributed by atoms with E-state index in [0.717, 1.165) is 56.7 Å². The lowest BCUT2D eigenvalue weighted by atomic mass is 9.71. The van der Waals surface area contributed by atoms with Gasteiger partial charge in [0.05, 0.1) is 22.6 Å². The summed E-state index contributed by atoms with van der Waals surface area (Å²) in [6, 6.07) is 6.11. The van der Waals surface area contributed by atoms with E-state index in [9.17, 15) is 0 Å². The van der Waals surface area contributed by atoms with Crippen LogP contribution in [-0.4, -0.2) is 83.5 Å². The number of pyridine rings is 1. The van der Waals surface area contributed by atoms with E-state index >= 15 is 0 Å². The number of benzene rings is 1. The van der Waals surface area contributed by atoms with E-state index in [1.807, 2.05) is 12.1 Å². The standard InChI is InChI=1S/C31H39BrN9OP/c1-20-18-24(29(42-3)39-28(20)41-16-10-31(11-17-41)8-14-40(2)15-9-31)37-30-35-19-21(32)27(38-30)36-23-7-6-22-25(26(23)43(4)5)34-13-12-33-22/h6-7,12-13,18-19H,8-11,14-17H2,1-5H3,(H2,35,36,37,38). The van der Waals surface area contributed by atoms with Gasteiger partial charge in [0.15, 0.2) is 0 Å². The number of likely N-dealkylation sites (tertiary alicyclic amines) is 1. The maximum Gasteiger partial charge on any atom is 0.239 e. The van der Waals surface area contributed by atoms with Crippen LogP contribution in [0.5, 0.6) is 5.88 Å². The van der Waals surface area contributed by atoms with Crippen molar-refractivity contribution >= 4 is 69.1 Å². The van der Waals surface area contributed by atoms with Crippen molar-refractivity contribution in [2.45, 2.75) is 32.6 Å². The Bertz CT molecular complexity index is 1620. The molecule has 0 amide bonds. The lowest BCUT2D eigenvalue weighted by molar-refractivity contribution is 0.0943. The molecule has 2 aliphatic rings. The number of aromatic nitrogens is 5. The van der Waals surface area contributed by atoms with E-state index in [-0.39, 0.29) is 0 Å². The summed E-state index contributed by atoms with van der Waals surface area (Å²) >= 11 is 3.62. The minimum Gasteiger partial charge on any atom is -0.479 e. The number of piperidine rings is 2. The van der Waals surface area contributed by atoms with Crippen molar-refractivity contribution in [2.75, 3.05) is 69.2 Å². The van der Waals surface area contributed by atoms with Gasteiger partial charge in [-0.1, -0.05) is 7.92 Å². The van der Waals surface area contributed by atoms with E-state index in [2.05, 4.69) is 84.7 Å². The third-order valence-corrected chi connectivity index (χ3v) is 10.7. The van der Waals surface area contributed by atoms with Crippen molar-refractivity contribution in [1.29, 1.82) is 0 Å². The summed E-state index contributed by atoms with van der Waals surface area (Å²) in [5.74, 6) is 2.61. The molecule has 43 heavy (non-hydrogen) atoms. The van der Waals surface area contributed by atoms with Gasteiger partial charge in [0.2, 0.25) is 11.8 Å². The number of nitrogens with zero attached hydrogens (tertiary/aromatic N) is 7. The molecule has 2 N–H and O–H groups in total. The SMILES string of the molecule is COc1nc(N2CCC3(CCN(C)CC3)CC2)c(C)cc1Nc1ncc(Br)c(Nc2ccc3nccnc3c2P(C)C)n1. The van der Waals surface area contributed by atoms with Crippen LogP contribution in [0.15, 0.2) is 41.3 Å². The average molecular weight is 665 g/mol. The second kappa shape index (κ2) is 12.5. The summed E-state index contributed by atoms with van der Waals surface area (Å²) in [4.78, 5) is 28.3. The van der Waals surface area contributed by atoms with Crippen LogP contribution in [-0.2, 0) is 0 Å². The summed E-state index contributed by atoms with van der Waals surface area (Å²) in [6.45, 7) is 11.0. The molecule has 12 heteroatoms. The average Bonchev–Trinajstić information content (AvgIpc) is 3.01. The van der Waals surface area contributed by atoms with Gasteiger partial charge in [-0.25, -0.2) is 4.98 Å². The number of rotatable bonds is 7.